The first kappa shape index (κ1) is 19.3. The molecule has 2 fully saturated rings. The third kappa shape index (κ3) is 4.81. The van der Waals surface area contributed by atoms with Crippen LogP contribution in [0, 0.1) is 19.8 Å². The summed E-state index contributed by atoms with van der Waals surface area (Å²) in [6.45, 7) is 6.96. The highest BCUT2D eigenvalue weighted by atomic mass is 32.1. The standard InChI is InChI=1S/C18H28N4O3S/c1-12-13(2)26-18(19-12)20-16(24)11-21-7-3-4-14(10-21)17(25)22-8-5-15(23)6-9-22/h14-15,23H,3-11H2,1-2H3,(H,19,20,24). The number of hydrogen-bond acceptors (Lipinski definition) is 6. The second-order valence-electron chi connectivity index (χ2n) is 7.34. The Kier molecular flexibility index (Phi) is 6.26. The van der Waals surface area contributed by atoms with Gasteiger partial charge in [0.25, 0.3) is 0 Å². The number of aryl methyl sites for hydroxylation is 2. The Hall–Kier alpha value is -1.51. The molecule has 26 heavy (non-hydrogen) atoms. The van der Waals surface area contributed by atoms with Gasteiger partial charge in [0.15, 0.2) is 5.13 Å². The number of nitrogens with zero attached hydrogens (tertiary/aromatic N) is 3. The number of carbonyl (C=O) groups is 2. The maximum atomic E-state index is 12.7. The number of anilines is 1. The minimum absolute atomic E-state index is 0.0452. The molecule has 2 aliphatic heterocycles. The fourth-order valence-corrected chi connectivity index (χ4v) is 4.46. The number of aliphatic hydroxyl groups is 1. The Bertz CT molecular complexity index is 635. The number of rotatable bonds is 4. The van der Waals surface area contributed by atoms with Crippen LogP contribution in [0.5, 0.6) is 0 Å². The summed E-state index contributed by atoms with van der Waals surface area (Å²) in [5, 5.41) is 13.1. The number of piperidine rings is 2. The van der Waals surface area contributed by atoms with Crippen LogP contribution in [0.1, 0.15) is 36.3 Å². The van der Waals surface area contributed by atoms with E-state index in [1.165, 1.54) is 11.3 Å². The van der Waals surface area contributed by atoms with Crippen LogP contribution in [0.25, 0.3) is 0 Å². The van der Waals surface area contributed by atoms with Crippen molar-refractivity contribution in [2.45, 2.75) is 45.6 Å². The average molecular weight is 381 g/mol. The van der Waals surface area contributed by atoms with Crippen LogP contribution in [-0.4, -0.2) is 70.5 Å². The molecule has 8 heteroatoms. The zero-order valence-electron chi connectivity index (χ0n) is 15.5. The number of hydrogen-bond donors (Lipinski definition) is 2. The van der Waals surface area contributed by atoms with Crippen molar-refractivity contribution in [2.24, 2.45) is 5.92 Å². The van der Waals surface area contributed by atoms with Gasteiger partial charge >= 0.3 is 0 Å². The number of likely N-dealkylation sites (tertiary alicyclic amines) is 2. The molecule has 0 aliphatic carbocycles. The van der Waals surface area contributed by atoms with E-state index in [0.717, 1.165) is 30.0 Å². The zero-order valence-corrected chi connectivity index (χ0v) is 16.3. The number of carbonyl (C=O) groups excluding carboxylic acids is 2. The Balaban J connectivity index is 1.49. The highest BCUT2D eigenvalue weighted by Crippen LogP contribution is 2.23. The van der Waals surface area contributed by atoms with Crippen LogP contribution in [0.3, 0.4) is 0 Å². The quantitative estimate of drug-likeness (QED) is 0.825. The van der Waals surface area contributed by atoms with Gasteiger partial charge in [0.2, 0.25) is 11.8 Å². The molecule has 0 bridgehead atoms. The highest BCUT2D eigenvalue weighted by Gasteiger charge is 2.31. The zero-order chi connectivity index (χ0) is 18.7. The van der Waals surface area contributed by atoms with Gasteiger partial charge in [-0.05, 0) is 46.1 Å². The number of nitrogens with one attached hydrogen (secondary N) is 1. The van der Waals surface area contributed by atoms with Crippen LogP contribution in [-0.2, 0) is 9.59 Å². The van der Waals surface area contributed by atoms with Crippen molar-refractivity contribution >= 4 is 28.3 Å². The number of aromatic nitrogens is 1. The van der Waals surface area contributed by atoms with Gasteiger partial charge in [0.05, 0.1) is 24.3 Å². The van der Waals surface area contributed by atoms with E-state index in [4.69, 9.17) is 0 Å². The van der Waals surface area contributed by atoms with Gasteiger partial charge in [-0.2, -0.15) is 0 Å². The minimum atomic E-state index is -0.274. The highest BCUT2D eigenvalue weighted by molar-refractivity contribution is 7.15. The summed E-state index contributed by atoms with van der Waals surface area (Å²) >= 11 is 1.49. The molecule has 0 saturated carbocycles. The summed E-state index contributed by atoms with van der Waals surface area (Å²) in [4.78, 5) is 34.4. The molecule has 0 spiro atoms. The average Bonchev–Trinajstić information content (AvgIpc) is 2.92. The molecule has 1 atom stereocenters. The van der Waals surface area contributed by atoms with E-state index >= 15 is 0 Å². The summed E-state index contributed by atoms with van der Waals surface area (Å²) in [7, 11) is 0. The third-order valence-corrected chi connectivity index (χ3v) is 6.26. The molecule has 144 valence electrons. The van der Waals surface area contributed by atoms with Crippen LogP contribution < -0.4 is 5.32 Å². The molecule has 7 nitrogen and oxygen atoms in total. The molecule has 2 N–H and O–H groups in total. The van der Waals surface area contributed by atoms with E-state index in [1.54, 1.807) is 0 Å². The molecule has 3 rings (SSSR count). The predicted octanol–water partition coefficient (Wildman–Crippen LogP) is 1.39. The molecule has 1 aromatic heterocycles. The predicted molar refractivity (Wildman–Crippen MR) is 101 cm³/mol. The van der Waals surface area contributed by atoms with Gasteiger partial charge in [0.1, 0.15) is 0 Å². The maximum absolute atomic E-state index is 12.7. The summed E-state index contributed by atoms with van der Waals surface area (Å²) in [6.07, 6.45) is 2.86. The molecular formula is C18H28N4O3S. The lowest BCUT2D eigenvalue weighted by atomic mass is 9.95. The largest absolute Gasteiger partial charge is 0.393 e. The van der Waals surface area contributed by atoms with Gasteiger partial charge in [-0.15, -0.1) is 11.3 Å². The summed E-state index contributed by atoms with van der Waals surface area (Å²) in [5.74, 6) is 0.0530. The summed E-state index contributed by atoms with van der Waals surface area (Å²) in [5.41, 5.74) is 0.945. The molecule has 2 aliphatic rings. The monoisotopic (exact) mass is 380 g/mol. The van der Waals surface area contributed by atoms with Crippen molar-refractivity contribution in [3.05, 3.63) is 10.6 Å². The second-order valence-corrected chi connectivity index (χ2v) is 8.54. The lowest BCUT2D eigenvalue weighted by molar-refractivity contribution is -0.139. The first-order chi connectivity index (χ1) is 12.4. The van der Waals surface area contributed by atoms with E-state index in [2.05, 4.69) is 15.2 Å². The molecule has 3 heterocycles. The second kappa shape index (κ2) is 8.45. The molecule has 2 saturated heterocycles. The molecular weight excluding hydrogens is 352 g/mol. The van der Waals surface area contributed by atoms with Crippen molar-refractivity contribution in [1.29, 1.82) is 0 Å². The van der Waals surface area contributed by atoms with Gasteiger partial charge in [-0.3, -0.25) is 14.5 Å². The fraction of sp³-hybridized carbons (Fsp3) is 0.722. The Labute approximate surface area is 158 Å². The molecule has 1 aromatic rings. The van der Waals surface area contributed by atoms with Gasteiger partial charge in [-0.25, -0.2) is 4.98 Å². The normalized spacial score (nSPS) is 22.4. The van der Waals surface area contributed by atoms with Crippen LogP contribution in [0.2, 0.25) is 0 Å². The molecule has 2 amide bonds. The first-order valence-corrected chi connectivity index (χ1v) is 10.2. The van der Waals surface area contributed by atoms with Crippen molar-refractivity contribution in [3.63, 3.8) is 0 Å². The summed E-state index contributed by atoms with van der Waals surface area (Å²) < 4.78 is 0. The fourth-order valence-electron chi connectivity index (χ4n) is 3.63. The molecule has 0 aromatic carbocycles. The van der Waals surface area contributed by atoms with Crippen LogP contribution >= 0.6 is 11.3 Å². The third-order valence-electron chi connectivity index (χ3n) is 5.27. The Morgan fingerprint density at radius 3 is 2.62 bits per heavy atom. The van der Waals surface area contributed by atoms with Crippen LogP contribution in [0.4, 0.5) is 5.13 Å². The van der Waals surface area contributed by atoms with E-state index in [0.29, 0.717) is 44.2 Å². The lowest BCUT2D eigenvalue weighted by Crippen LogP contribution is -2.49. The van der Waals surface area contributed by atoms with E-state index in [-0.39, 0.29) is 23.8 Å². The maximum Gasteiger partial charge on any atom is 0.240 e. The topological polar surface area (TPSA) is 85.8 Å². The van der Waals surface area contributed by atoms with Crippen molar-refractivity contribution < 1.29 is 14.7 Å². The van der Waals surface area contributed by atoms with E-state index in [9.17, 15) is 14.7 Å². The molecule has 0 radical (unpaired) electrons. The number of aliphatic hydroxyl groups excluding tert-OH is 1. The first-order valence-electron chi connectivity index (χ1n) is 9.35. The SMILES string of the molecule is Cc1nc(NC(=O)CN2CCCC(C(=O)N3CCC(O)CC3)C2)sc1C. The van der Waals surface area contributed by atoms with Crippen molar-refractivity contribution in [1.82, 2.24) is 14.8 Å². The number of thiazole rings is 1. The number of amides is 2. The van der Waals surface area contributed by atoms with Crippen LogP contribution in [0.15, 0.2) is 0 Å². The molecule has 1 unspecified atom stereocenters. The van der Waals surface area contributed by atoms with Crippen molar-refractivity contribution in [2.75, 3.05) is 38.0 Å². The Morgan fingerprint density at radius 1 is 1.23 bits per heavy atom. The summed E-state index contributed by atoms with van der Waals surface area (Å²) in [6, 6.07) is 0. The van der Waals surface area contributed by atoms with Crippen molar-refractivity contribution in [3.8, 4) is 0 Å². The Morgan fingerprint density at radius 2 is 1.96 bits per heavy atom. The minimum Gasteiger partial charge on any atom is -0.393 e. The van der Waals surface area contributed by atoms with E-state index < -0.39 is 0 Å². The lowest BCUT2D eigenvalue weighted by Gasteiger charge is -2.36. The van der Waals surface area contributed by atoms with Gasteiger partial charge < -0.3 is 15.3 Å². The van der Waals surface area contributed by atoms with Gasteiger partial charge in [-0.1, -0.05) is 0 Å². The smallest absolute Gasteiger partial charge is 0.240 e. The van der Waals surface area contributed by atoms with E-state index in [1.807, 2.05) is 18.7 Å². The van der Waals surface area contributed by atoms with Gasteiger partial charge in [0, 0.05) is 24.5 Å².